The second-order valence-electron chi connectivity index (χ2n) is 4.02. The molecular formula is C9H16N2O4S. The second kappa shape index (κ2) is 4.82. The van der Waals surface area contributed by atoms with E-state index in [1.165, 1.54) is 4.90 Å². The summed E-state index contributed by atoms with van der Waals surface area (Å²) < 4.78 is 18.8. The number of amides is 1. The van der Waals surface area contributed by atoms with Crippen molar-refractivity contribution in [3.63, 3.8) is 0 Å². The Morgan fingerprint density at radius 1 is 1.50 bits per heavy atom. The van der Waals surface area contributed by atoms with Crippen molar-refractivity contribution in [3.05, 3.63) is 0 Å². The minimum atomic E-state index is -2.52. The molecule has 0 aromatic heterocycles. The van der Waals surface area contributed by atoms with E-state index in [4.69, 9.17) is 9.89 Å². The van der Waals surface area contributed by atoms with Gasteiger partial charge in [0.2, 0.25) is 5.91 Å². The van der Waals surface area contributed by atoms with Crippen LogP contribution in [0, 0.1) is 4.78 Å². The van der Waals surface area contributed by atoms with Crippen molar-refractivity contribution in [2.24, 2.45) is 0 Å². The minimum Gasteiger partial charge on any atom is -0.481 e. The molecule has 0 aliphatic carbocycles. The van der Waals surface area contributed by atoms with Crippen molar-refractivity contribution < 1.29 is 18.9 Å². The Bertz CT molecular complexity index is 390. The fourth-order valence-corrected chi connectivity index (χ4v) is 3.53. The highest BCUT2D eigenvalue weighted by Crippen LogP contribution is 2.17. The van der Waals surface area contributed by atoms with Gasteiger partial charge in [-0.1, -0.05) is 0 Å². The maximum Gasteiger partial charge on any atom is 0.303 e. The molecule has 92 valence electrons. The average molecular weight is 248 g/mol. The number of carbonyl (C=O) groups excluding carboxylic acids is 1. The molecule has 0 saturated carbocycles. The van der Waals surface area contributed by atoms with Crippen LogP contribution in [0.15, 0.2) is 0 Å². The molecule has 16 heavy (non-hydrogen) atoms. The van der Waals surface area contributed by atoms with Crippen molar-refractivity contribution in [2.75, 3.05) is 18.6 Å². The van der Waals surface area contributed by atoms with Crippen LogP contribution in [0.4, 0.5) is 0 Å². The van der Waals surface area contributed by atoms with E-state index in [9.17, 15) is 13.8 Å². The molecule has 1 aliphatic rings. The molecule has 2 atom stereocenters. The summed E-state index contributed by atoms with van der Waals surface area (Å²) in [4.78, 5) is 23.3. The highest BCUT2D eigenvalue weighted by molar-refractivity contribution is 7.92. The average Bonchev–Trinajstić information content (AvgIpc) is 2.54. The Morgan fingerprint density at radius 3 is 2.56 bits per heavy atom. The van der Waals surface area contributed by atoms with Crippen molar-refractivity contribution in [3.8, 4) is 0 Å². The predicted octanol–water partition coefficient (Wildman–Crippen LogP) is 0.129. The van der Waals surface area contributed by atoms with Crippen LogP contribution < -0.4 is 0 Å². The molecule has 6 nitrogen and oxygen atoms in total. The monoisotopic (exact) mass is 248 g/mol. The standard InChI is InChI=1S/C9H16N2O4S/c1-11(8(12)2-3-9(13)14)7-4-5-16(10,15)6-7/h7,10H,2-6H2,1H3,(H,13,14). The molecule has 1 fully saturated rings. The number of nitrogens with one attached hydrogen (secondary N) is 1. The second-order valence-corrected chi connectivity index (χ2v) is 6.39. The zero-order valence-corrected chi connectivity index (χ0v) is 9.96. The van der Waals surface area contributed by atoms with Crippen molar-refractivity contribution in [2.45, 2.75) is 25.3 Å². The van der Waals surface area contributed by atoms with E-state index in [2.05, 4.69) is 0 Å². The van der Waals surface area contributed by atoms with E-state index in [-0.39, 0.29) is 30.5 Å². The molecule has 1 amide bonds. The number of rotatable bonds is 4. The van der Waals surface area contributed by atoms with Crippen molar-refractivity contribution in [1.82, 2.24) is 4.90 Å². The zero-order valence-electron chi connectivity index (χ0n) is 9.14. The molecular weight excluding hydrogens is 232 g/mol. The van der Waals surface area contributed by atoms with Gasteiger partial charge in [0.05, 0.1) is 12.2 Å². The number of nitrogens with zero attached hydrogens (tertiary/aromatic N) is 1. The molecule has 0 aromatic rings. The number of carboxylic acids is 1. The molecule has 2 unspecified atom stereocenters. The first-order valence-electron chi connectivity index (χ1n) is 5.03. The number of hydrogen-bond acceptors (Lipinski definition) is 4. The van der Waals surface area contributed by atoms with Gasteiger partial charge in [0.25, 0.3) is 0 Å². The highest BCUT2D eigenvalue weighted by atomic mass is 32.2. The van der Waals surface area contributed by atoms with Gasteiger partial charge in [0, 0.05) is 35.0 Å². The van der Waals surface area contributed by atoms with Crippen LogP contribution in [0.3, 0.4) is 0 Å². The molecule has 1 heterocycles. The third kappa shape index (κ3) is 3.48. The van der Waals surface area contributed by atoms with Gasteiger partial charge in [-0.2, -0.15) is 0 Å². The van der Waals surface area contributed by atoms with Gasteiger partial charge in [-0.25, -0.2) is 4.21 Å². The van der Waals surface area contributed by atoms with Crippen LogP contribution >= 0.6 is 0 Å². The summed E-state index contributed by atoms with van der Waals surface area (Å²) in [5, 5.41) is 8.45. The highest BCUT2D eigenvalue weighted by Gasteiger charge is 2.30. The van der Waals surface area contributed by atoms with Crippen LogP contribution in [0.2, 0.25) is 0 Å². The molecule has 2 N–H and O–H groups in total. The fraction of sp³-hybridized carbons (Fsp3) is 0.778. The first kappa shape index (κ1) is 13.0. The zero-order chi connectivity index (χ0) is 12.3. The summed E-state index contributed by atoms with van der Waals surface area (Å²) in [7, 11) is -0.936. The summed E-state index contributed by atoms with van der Waals surface area (Å²) in [5.74, 6) is -0.724. The summed E-state index contributed by atoms with van der Waals surface area (Å²) in [5.41, 5.74) is 0. The SMILES string of the molecule is CN(C(=O)CCC(=O)O)C1CCS(=N)(=O)C1. The number of carboxylic acid groups (broad SMARTS) is 1. The van der Waals surface area contributed by atoms with E-state index >= 15 is 0 Å². The molecule has 1 rings (SSSR count). The lowest BCUT2D eigenvalue weighted by Crippen LogP contribution is -2.37. The van der Waals surface area contributed by atoms with Crippen molar-refractivity contribution >= 4 is 21.6 Å². The largest absolute Gasteiger partial charge is 0.481 e. The molecule has 0 radical (unpaired) electrons. The summed E-state index contributed by atoms with van der Waals surface area (Å²) in [6, 6.07) is -0.175. The lowest BCUT2D eigenvalue weighted by Gasteiger charge is -2.23. The summed E-state index contributed by atoms with van der Waals surface area (Å²) in [6.07, 6.45) is 0.339. The Hall–Kier alpha value is -1.11. The first-order chi connectivity index (χ1) is 7.32. The van der Waals surface area contributed by atoms with Gasteiger partial charge in [-0.05, 0) is 6.42 Å². The Labute approximate surface area is 94.6 Å². The number of aliphatic carboxylic acids is 1. The van der Waals surface area contributed by atoms with Crippen LogP contribution in [0.1, 0.15) is 19.3 Å². The fourth-order valence-electron chi connectivity index (χ4n) is 1.70. The summed E-state index contributed by atoms with van der Waals surface area (Å²) in [6.45, 7) is 0. The lowest BCUT2D eigenvalue weighted by atomic mass is 10.2. The minimum absolute atomic E-state index is 0.0402. The Morgan fingerprint density at radius 2 is 2.12 bits per heavy atom. The van der Waals surface area contributed by atoms with Crippen LogP contribution in [-0.2, 0) is 19.3 Å². The third-order valence-corrected chi connectivity index (χ3v) is 4.55. The molecule has 1 aliphatic heterocycles. The van der Waals surface area contributed by atoms with Gasteiger partial charge in [0.15, 0.2) is 0 Å². The van der Waals surface area contributed by atoms with Gasteiger partial charge in [0.1, 0.15) is 0 Å². The van der Waals surface area contributed by atoms with Gasteiger partial charge >= 0.3 is 5.97 Å². The smallest absolute Gasteiger partial charge is 0.303 e. The number of hydrogen-bond donors (Lipinski definition) is 2. The van der Waals surface area contributed by atoms with Crippen LogP contribution in [-0.4, -0.2) is 50.7 Å². The van der Waals surface area contributed by atoms with E-state index in [0.717, 1.165) is 0 Å². The maximum atomic E-state index is 11.6. The topological polar surface area (TPSA) is 98.5 Å². The Balaban J connectivity index is 2.49. The quantitative estimate of drug-likeness (QED) is 0.738. The van der Waals surface area contributed by atoms with Crippen molar-refractivity contribution in [1.29, 1.82) is 4.78 Å². The molecule has 0 bridgehead atoms. The maximum absolute atomic E-state index is 11.6. The van der Waals surface area contributed by atoms with E-state index in [1.54, 1.807) is 7.05 Å². The van der Waals surface area contributed by atoms with E-state index < -0.39 is 15.7 Å². The normalized spacial score (nSPS) is 28.9. The molecule has 7 heteroatoms. The van der Waals surface area contributed by atoms with Gasteiger partial charge < -0.3 is 10.0 Å². The van der Waals surface area contributed by atoms with Crippen LogP contribution in [0.25, 0.3) is 0 Å². The Kier molecular flexibility index (Phi) is 3.90. The third-order valence-electron chi connectivity index (χ3n) is 2.74. The first-order valence-corrected chi connectivity index (χ1v) is 6.93. The van der Waals surface area contributed by atoms with Gasteiger partial charge in [-0.15, -0.1) is 0 Å². The van der Waals surface area contributed by atoms with Gasteiger partial charge in [-0.3, -0.25) is 14.4 Å². The van der Waals surface area contributed by atoms with E-state index in [1.807, 2.05) is 0 Å². The van der Waals surface area contributed by atoms with E-state index in [0.29, 0.717) is 12.2 Å². The molecule has 0 spiro atoms. The molecule has 0 aromatic carbocycles. The summed E-state index contributed by atoms with van der Waals surface area (Å²) >= 11 is 0. The lowest BCUT2D eigenvalue weighted by molar-refractivity contribution is -0.141. The predicted molar refractivity (Wildman–Crippen MR) is 58.6 cm³/mol. The van der Waals surface area contributed by atoms with Crippen LogP contribution in [0.5, 0.6) is 0 Å². The molecule has 1 saturated heterocycles. The number of carbonyl (C=O) groups is 2.